The van der Waals surface area contributed by atoms with E-state index in [1.54, 1.807) is 0 Å². The average molecular weight is 274 g/mol. The quantitative estimate of drug-likeness (QED) is 0.861. The molecule has 0 saturated carbocycles. The van der Waals surface area contributed by atoms with Crippen molar-refractivity contribution in [2.24, 2.45) is 0 Å². The maximum absolute atomic E-state index is 3.61. The minimum Gasteiger partial charge on any atom is -0.371 e. The van der Waals surface area contributed by atoms with Crippen molar-refractivity contribution >= 4 is 5.69 Å². The first-order valence-electron chi connectivity index (χ1n) is 8.19. The van der Waals surface area contributed by atoms with Crippen molar-refractivity contribution in [2.75, 3.05) is 18.0 Å². The number of anilines is 1. The highest BCUT2D eigenvalue weighted by Gasteiger charge is 2.17. The molecular weight excluding hydrogens is 244 g/mol. The summed E-state index contributed by atoms with van der Waals surface area (Å²) in [5.41, 5.74) is 4.48. The second-order valence-electron chi connectivity index (χ2n) is 6.58. The number of rotatable bonds is 5. The number of hydrogen-bond donors (Lipinski definition) is 1. The summed E-state index contributed by atoms with van der Waals surface area (Å²) in [6.45, 7) is 12.5. The fraction of sp³-hybridized carbons (Fsp3) is 0.667. The third-order valence-corrected chi connectivity index (χ3v) is 4.19. The van der Waals surface area contributed by atoms with E-state index in [1.165, 1.54) is 49.2 Å². The van der Waals surface area contributed by atoms with Crippen LogP contribution in [0.3, 0.4) is 0 Å². The van der Waals surface area contributed by atoms with E-state index in [1.807, 2.05) is 0 Å². The van der Waals surface area contributed by atoms with Crippen molar-refractivity contribution in [3.05, 3.63) is 29.3 Å². The van der Waals surface area contributed by atoms with Crippen LogP contribution in [-0.4, -0.2) is 19.1 Å². The molecule has 0 atom stereocenters. The first-order chi connectivity index (χ1) is 9.59. The summed E-state index contributed by atoms with van der Waals surface area (Å²) in [6.07, 6.45) is 4.06. The molecule has 1 aliphatic rings. The van der Waals surface area contributed by atoms with Crippen LogP contribution in [0.25, 0.3) is 0 Å². The Morgan fingerprint density at radius 1 is 1.05 bits per heavy atom. The molecule has 0 aromatic heterocycles. The molecule has 1 fully saturated rings. The maximum atomic E-state index is 3.61. The van der Waals surface area contributed by atoms with Crippen LogP contribution in [0.4, 0.5) is 5.69 Å². The molecule has 0 bridgehead atoms. The van der Waals surface area contributed by atoms with Crippen molar-refractivity contribution in [3.8, 4) is 0 Å². The Bertz CT molecular complexity index is 417. The molecule has 1 aromatic rings. The van der Waals surface area contributed by atoms with E-state index in [0.29, 0.717) is 12.0 Å². The van der Waals surface area contributed by atoms with Crippen molar-refractivity contribution in [3.63, 3.8) is 0 Å². The van der Waals surface area contributed by atoms with Crippen molar-refractivity contribution in [1.29, 1.82) is 0 Å². The summed E-state index contributed by atoms with van der Waals surface area (Å²) >= 11 is 0. The van der Waals surface area contributed by atoms with Crippen LogP contribution in [0.1, 0.15) is 64.0 Å². The molecule has 1 N–H and O–H groups in total. The topological polar surface area (TPSA) is 15.3 Å². The molecule has 1 heterocycles. The SMILES string of the molecule is CC(C)NCc1c(C(C)C)cccc1N1CCCCC1. The van der Waals surface area contributed by atoms with Crippen LogP contribution in [0, 0.1) is 0 Å². The molecule has 20 heavy (non-hydrogen) atoms. The van der Waals surface area contributed by atoms with Crippen LogP contribution in [0.2, 0.25) is 0 Å². The number of nitrogens with one attached hydrogen (secondary N) is 1. The highest BCUT2D eigenvalue weighted by atomic mass is 15.1. The molecule has 0 amide bonds. The lowest BCUT2D eigenvalue weighted by molar-refractivity contribution is 0.563. The summed E-state index contributed by atoms with van der Waals surface area (Å²) < 4.78 is 0. The first kappa shape index (κ1) is 15.4. The van der Waals surface area contributed by atoms with Gasteiger partial charge in [-0.25, -0.2) is 0 Å². The Hall–Kier alpha value is -1.02. The molecule has 1 aliphatic heterocycles. The molecule has 2 nitrogen and oxygen atoms in total. The fourth-order valence-corrected chi connectivity index (χ4v) is 3.06. The van der Waals surface area contributed by atoms with Crippen LogP contribution in [0.15, 0.2) is 18.2 Å². The first-order valence-corrected chi connectivity index (χ1v) is 8.19. The van der Waals surface area contributed by atoms with E-state index in [-0.39, 0.29) is 0 Å². The lowest BCUT2D eigenvalue weighted by Gasteiger charge is -2.32. The van der Waals surface area contributed by atoms with Gasteiger partial charge in [0.1, 0.15) is 0 Å². The van der Waals surface area contributed by atoms with Gasteiger partial charge in [-0.2, -0.15) is 0 Å². The monoisotopic (exact) mass is 274 g/mol. The Balaban J connectivity index is 2.30. The number of nitrogens with zero attached hydrogens (tertiary/aromatic N) is 1. The number of benzene rings is 1. The van der Waals surface area contributed by atoms with Gasteiger partial charge in [0.05, 0.1) is 0 Å². The highest BCUT2D eigenvalue weighted by molar-refractivity contribution is 5.58. The second-order valence-corrected chi connectivity index (χ2v) is 6.58. The molecule has 0 unspecified atom stereocenters. The average Bonchev–Trinajstić information content (AvgIpc) is 2.45. The number of piperidine rings is 1. The van der Waals surface area contributed by atoms with Crippen molar-refractivity contribution < 1.29 is 0 Å². The predicted octanol–water partition coefficient (Wildman–Crippen LogP) is 4.30. The number of hydrogen-bond acceptors (Lipinski definition) is 2. The Morgan fingerprint density at radius 2 is 1.75 bits per heavy atom. The van der Waals surface area contributed by atoms with E-state index < -0.39 is 0 Å². The molecular formula is C18H30N2. The van der Waals surface area contributed by atoms with Gasteiger partial charge in [0.25, 0.3) is 0 Å². The predicted molar refractivity (Wildman–Crippen MR) is 88.6 cm³/mol. The normalized spacial score (nSPS) is 16.2. The van der Waals surface area contributed by atoms with Crippen molar-refractivity contribution in [1.82, 2.24) is 5.32 Å². The van der Waals surface area contributed by atoms with E-state index in [2.05, 4.69) is 56.1 Å². The van der Waals surface area contributed by atoms with E-state index in [9.17, 15) is 0 Å². The second kappa shape index (κ2) is 7.12. The lowest BCUT2D eigenvalue weighted by Crippen LogP contribution is -2.32. The largest absolute Gasteiger partial charge is 0.371 e. The third kappa shape index (κ3) is 3.76. The Morgan fingerprint density at radius 3 is 2.35 bits per heavy atom. The van der Waals surface area contributed by atoms with Gasteiger partial charge in [-0.3, -0.25) is 0 Å². The van der Waals surface area contributed by atoms with Gasteiger partial charge in [0.2, 0.25) is 0 Å². The molecule has 0 aliphatic carbocycles. The third-order valence-electron chi connectivity index (χ3n) is 4.19. The minimum absolute atomic E-state index is 0.532. The Labute approximate surface area is 124 Å². The van der Waals surface area contributed by atoms with Gasteiger partial charge < -0.3 is 10.2 Å². The molecule has 2 rings (SSSR count). The maximum Gasteiger partial charge on any atom is 0.0414 e. The fourth-order valence-electron chi connectivity index (χ4n) is 3.06. The molecule has 1 saturated heterocycles. The van der Waals surface area contributed by atoms with E-state index in [0.717, 1.165) is 6.54 Å². The lowest BCUT2D eigenvalue weighted by atomic mass is 9.94. The van der Waals surface area contributed by atoms with Gasteiger partial charge in [-0.1, -0.05) is 39.8 Å². The van der Waals surface area contributed by atoms with Gasteiger partial charge in [-0.15, -0.1) is 0 Å². The summed E-state index contributed by atoms with van der Waals surface area (Å²) in [4.78, 5) is 2.59. The molecule has 0 spiro atoms. The van der Waals surface area contributed by atoms with E-state index >= 15 is 0 Å². The summed E-state index contributed by atoms with van der Waals surface area (Å²) in [5.74, 6) is 0.587. The van der Waals surface area contributed by atoms with Crippen LogP contribution < -0.4 is 10.2 Å². The van der Waals surface area contributed by atoms with Crippen LogP contribution in [-0.2, 0) is 6.54 Å². The standard InChI is InChI=1S/C18H30N2/c1-14(2)16-9-8-10-18(17(16)13-19-15(3)4)20-11-6-5-7-12-20/h8-10,14-15,19H,5-7,11-13H2,1-4H3. The van der Waals surface area contributed by atoms with Crippen LogP contribution >= 0.6 is 0 Å². The smallest absolute Gasteiger partial charge is 0.0414 e. The van der Waals surface area contributed by atoms with Gasteiger partial charge >= 0.3 is 0 Å². The Kier molecular flexibility index (Phi) is 5.47. The van der Waals surface area contributed by atoms with Gasteiger partial charge in [0, 0.05) is 31.4 Å². The van der Waals surface area contributed by atoms with Crippen molar-refractivity contribution in [2.45, 2.75) is 65.5 Å². The van der Waals surface area contributed by atoms with E-state index in [4.69, 9.17) is 0 Å². The highest BCUT2D eigenvalue weighted by Crippen LogP contribution is 2.30. The zero-order valence-corrected chi connectivity index (χ0v) is 13.6. The molecule has 112 valence electrons. The summed E-state index contributed by atoms with van der Waals surface area (Å²) in [7, 11) is 0. The van der Waals surface area contributed by atoms with Crippen LogP contribution in [0.5, 0.6) is 0 Å². The minimum atomic E-state index is 0.532. The zero-order chi connectivity index (χ0) is 14.5. The molecule has 2 heteroatoms. The summed E-state index contributed by atoms with van der Waals surface area (Å²) in [6, 6.07) is 7.38. The van der Waals surface area contributed by atoms with Gasteiger partial charge in [-0.05, 0) is 42.4 Å². The summed E-state index contributed by atoms with van der Waals surface area (Å²) in [5, 5.41) is 3.61. The zero-order valence-electron chi connectivity index (χ0n) is 13.6. The van der Waals surface area contributed by atoms with Gasteiger partial charge in [0.15, 0.2) is 0 Å². The molecule has 0 radical (unpaired) electrons. The molecule has 1 aromatic carbocycles.